The van der Waals surface area contributed by atoms with E-state index in [1.54, 1.807) is 0 Å². The lowest BCUT2D eigenvalue weighted by Crippen LogP contribution is -2.28. The number of fused-ring (bicyclic) bond motifs is 11. The molecule has 11 aromatic rings. The smallest absolute Gasteiger partial charge is 0.236 e. The lowest BCUT2D eigenvalue weighted by molar-refractivity contribution is 0.768. The summed E-state index contributed by atoms with van der Waals surface area (Å²) in [5.41, 5.74) is 14.5. The molecule has 0 unspecified atom stereocenters. The predicted molar refractivity (Wildman–Crippen MR) is 238 cm³/mol. The first-order chi connectivity index (χ1) is 28.8. The molecule has 0 saturated carbocycles. The summed E-state index contributed by atoms with van der Waals surface area (Å²) in [5, 5.41) is 4.66. The van der Waals surface area contributed by atoms with Crippen molar-refractivity contribution in [3.05, 3.63) is 216 Å². The average Bonchev–Trinajstić information content (AvgIpc) is 3.92. The van der Waals surface area contributed by atoms with Crippen molar-refractivity contribution in [1.82, 2.24) is 19.1 Å². The van der Waals surface area contributed by atoms with Gasteiger partial charge in [0.05, 0.1) is 33.3 Å². The van der Waals surface area contributed by atoms with Gasteiger partial charge in [-0.05, 0) is 69.8 Å². The van der Waals surface area contributed by atoms with Crippen LogP contribution in [0.5, 0.6) is 0 Å². The van der Waals surface area contributed by atoms with Crippen LogP contribution in [0.4, 0.5) is 0 Å². The van der Waals surface area contributed by atoms with Gasteiger partial charge in [-0.15, -0.1) is 0 Å². The molecule has 1 aliphatic carbocycles. The van der Waals surface area contributed by atoms with Gasteiger partial charge in [-0.25, -0.2) is 9.97 Å². The lowest BCUT2D eigenvalue weighted by atomic mass is 9.67. The highest BCUT2D eigenvalue weighted by Gasteiger charge is 2.46. The minimum atomic E-state index is -0.517. The molecular weight excluding hydrogens is 725 g/mol. The largest absolute Gasteiger partial charge is 0.293 e. The molecule has 4 nitrogen and oxygen atoms in total. The van der Waals surface area contributed by atoms with Gasteiger partial charge in [0, 0.05) is 36.9 Å². The summed E-state index contributed by atoms with van der Waals surface area (Å²) >= 11 is 1.84. The monoisotopic (exact) mass is 756 g/mol. The van der Waals surface area contributed by atoms with Crippen molar-refractivity contribution in [3.63, 3.8) is 0 Å². The Balaban J connectivity index is 1.13. The minimum absolute atomic E-state index is 0.517. The second kappa shape index (κ2) is 11.9. The fourth-order valence-electron chi connectivity index (χ4n) is 10.1. The van der Waals surface area contributed by atoms with Crippen LogP contribution in [0, 0.1) is 0 Å². The number of aromatic nitrogens is 4. The Labute approximate surface area is 338 Å². The van der Waals surface area contributed by atoms with Crippen LogP contribution < -0.4 is 0 Å². The number of para-hydroxylation sites is 4. The molecule has 2 aliphatic rings. The molecule has 270 valence electrons. The van der Waals surface area contributed by atoms with Crippen LogP contribution in [-0.2, 0) is 5.41 Å². The Hall–Kier alpha value is -7.21. The fourth-order valence-corrected chi connectivity index (χ4v) is 11.2. The van der Waals surface area contributed by atoms with E-state index in [2.05, 4.69) is 203 Å². The SMILES string of the molecule is c1ccc(C2(c3ccccc3)c3ccccc3-c3ccc(-c4nc(-n5c6ccccc6c6c7cccc8c7n(c65)-c5ccccc5S8)nc5ccccc45)cc32)cc1. The van der Waals surface area contributed by atoms with E-state index in [0.29, 0.717) is 5.95 Å². The second-order valence-corrected chi connectivity index (χ2v) is 16.4. The van der Waals surface area contributed by atoms with Crippen molar-refractivity contribution in [2.75, 3.05) is 0 Å². The van der Waals surface area contributed by atoms with Crippen LogP contribution >= 0.6 is 11.8 Å². The third kappa shape index (κ3) is 4.15. The van der Waals surface area contributed by atoms with E-state index in [0.717, 1.165) is 33.3 Å². The highest BCUT2D eigenvalue weighted by atomic mass is 32.2. The van der Waals surface area contributed by atoms with Crippen LogP contribution in [0.2, 0.25) is 0 Å². The predicted octanol–water partition coefficient (Wildman–Crippen LogP) is 13.2. The maximum atomic E-state index is 5.66. The number of nitrogens with zero attached hydrogens (tertiary/aromatic N) is 4. The number of rotatable bonds is 4. The molecule has 8 aromatic carbocycles. The normalized spacial score (nSPS) is 13.6. The van der Waals surface area contributed by atoms with E-state index < -0.39 is 5.41 Å². The Morgan fingerprint density at radius 3 is 1.97 bits per heavy atom. The van der Waals surface area contributed by atoms with Crippen LogP contribution in [0.25, 0.3) is 77.8 Å². The summed E-state index contributed by atoms with van der Waals surface area (Å²) in [6, 6.07) is 70.5. The zero-order valence-electron chi connectivity index (χ0n) is 31.2. The molecule has 0 radical (unpaired) electrons. The fraction of sp³-hybridized carbons (Fsp3) is 0.0189. The van der Waals surface area contributed by atoms with Crippen molar-refractivity contribution in [2.45, 2.75) is 15.2 Å². The summed E-state index contributed by atoms with van der Waals surface area (Å²) < 4.78 is 4.75. The summed E-state index contributed by atoms with van der Waals surface area (Å²) in [6.07, 6.45) is 0. The van der Waals surface area contributed by atoms with Crippen LogP contribution in [-0.4, -0.2) is 19.1 Å². The molecule has 0 spiro atoms. The lowest BCUT2D eigenvalue weighted by Gasteiger charge is -2.34. The van der Waals surface area contributed by atoms with E-state index in [4.69, 9.17) is 9.97 Å². The summed E-state index contributed by atoms with van der Waals surface area (Å²) in [6.45, 7) is 0. The second-order valence-electron chi connectivity index (χ2n) is 15.3. The van der Waals surface area contributed by atoms with Crippen LogP contribution in [0.1, 0.15) is 22.3 Å². The third-order valence-corrected chi connectivity index (χ3v) is 13.5. The first-order valence-corrected chi connectivity index (χ1v) is 20.6. The molecule has 3 aromatic heterocycles. The molecular formula is C53H32N4S. The summed E-state index contributed by atoms with van der Waals surface area (Å²) in [7, 11) is 0. The van der Waals surface area contributed by atoms with Gasteiger partial charge in [0.1, 0.15) is 5.65 Å². The Morgan fingerprint density at radius 2 is 1.12 bits per heavy atom. The van der Waals surface area contributed by atoms with Gasteiger partial charge >= 0.3 is 0 Å². The molecule has 5 heteroatoms. The zero-order chi connectivity index (χ0) is 38.0. The first kappa shape index (κ1) is 31.9. The summed E-state index contributed by atoms with van der Waals surface area (Å²) in [5.74, 6) is 0.650. The van der Waals surface area contributed by atoms with Gasteiger partial charge < -0.3 is 0 Å². The van der Waals surface area contributed by atoms with Crippen molar-refractivity contribution >= 4 is 55.5 Å². The molecule has 58 heavy (non-hydrogen) atoms. The van der Waals surface area contributed by atoms with Gasteiger partial charge in [0.15, 0.2) is 0 Å². The average molecular weight is 757 g/mol. The Kier molecular flexibility index (Phi) is 6.55. The van der Waals surface area contributed by atoms with Crippen molar-refractivity contribution in [3.8, 4) is 34.0 Å². The van der Waals surface area contributed by atoms with Gasteiger partial charge in [-0.2, -0.15) is 0 Å². The van der Waals surface area contributed by atoms with E-state index in [9.17, 15) is 0 Å². The number of hydrogen-bond donors (Lipinski definition) is 0. The van der Waals surface area contributed by atoms with Gasteiger partial charge in [0.2, 0.25) is 5.95 Å². The van der Waals surface area contributed by atoms with Crippen molar-refractivity contribution < 1.29 is 0 Å². The first-order valence-electron chi connectivity index (χ1n) is 19.8. The molecule has 0 saturated heterocycles. The highest BCUT2D eigenvalue weighted by molar-refractivity contribution is 7.99. The Bertz CT molecular complexity index is 3450. The summed E-state index contributed by atoms with van der Waals surface area (Å²) in [4.78, 5) is 13.6. The molecule has 13 rings (SSSR count). The van der Waals surface area contributed by atoms with E-state index in [1.807, 2.05) is 11.8 Å². The molecule has 0 amide bonds. The maximum absolute atomic E-state index is 5.66. The molecule has 4 heterocycles. The van der Waals surface area contributed by atoms with E-state index >= 15 is 0 Å². The van der Waals surface area contributed by atoms with Gasteiger partial charge in [-0.1, -0.05) is 169 Å². The van der Waals surface area contributed by atoms with E-state index in [-0.39, 0.29) is 0 Å². The molecule has 0 N–H and O–H groups in total. The van der Waals surface area contributed by atoms with E-state index in [1.165, 1.54) is 70.5 Å². The van der Waals surface area contributed by atoms with Crippen LogP contribution in [0.3, 0.4) is 0 Å². The maximum Gasteiger partial charge on any atom is 0.236 e. The quantitative estimate of drug-likeness (QED) is 0.179. The zero-order valence-corrected chi connectivity index (χ0v) is 32.0. The standard InChI is InChI=1S/C53H32N4S/c1-3-16-34(17-4-1)53(35-18-5-2-6-19-35)41-24-10-7-20-36(41)37-31-30-33(32-42(37)53)49-38-21-8-11-25-43(38)54-52(55-49)57-44-26-12-9-22-39(44)48-40-23-15-29-47-50(40)56(51(48)57)45-27-13-14-28-46(45)58-47/h1-32H. The van der Waals surface area contributed by atoms with Gasteiger partial charge in [-0.3, -0.25) is 9.13 Å². The van der Waals surface area contributed by atoms with Crippen molar-refractivity contribution in [1.29, 1.82) is 0 Å². The number of hydrogen-bond acceptors (Lipinski definition) is 3. The third-order valence-electron chi connectivity index (χ3n) is 12.4. The van der Waals surface area contributed by atoms with Gasteiger partial charge in [0.25, 0.3) is 0 Å². The highest BCUT2D eigenvalue weighted by Crippen LogP contribution is 2.57. The Morgan fingerprint density at radius 1 is 0.466 bits per heavy atom. The minimum Gasteiger partial charge on any atom is -0.293 e. The molecule has 0 bridgehead atoms. The van der Waals surface area contributed by atoms with Crippen molar-refractivity contribution in [2.24, 2.45) is 0 Å². The molecule has 0 fully saturated rings. The number of benzene rings is 8. The molecule has 0 atom stereocenters. The van der Waals surface area contributed by atoms with Crippen LogP contribution in [0.15, 0.2) is 204 Å². The topological polar surface area (TPSA) is 35.6 Å². The molecule has 1 aliphatic heterocycles.